The molecule has 0 radical (unpaired) electrons. The molecule has 1 aliphatic rings. The molecule has 18 heavy (non-hydrogen) atoms. The lowest BCUT2D eigenvalue weighted by atomic mass is 10.1. The molecule has 2 rings (SSSR count). The Morgan fingerprint density at radius 3 is 2.83 bits per heavy atom. The maximum Gasteiger partial charge on any atom is 0.182 e. The minimum atomic E-state index is -3.24. The third kappa shape index (κ3) is 2.34. The topological polar surface area (TPSA) is 70.0 Å². The molecule has 1 aromatic rings. The van der Waals surface area contributed by atoms with E-state index in [4.69, 9.17) is 5.26 Å². The van der Waals surface area contributed by atoms with Crippen molar-refractivity contribution in [2.45, 2.75) is 37.6 Å². The van der Waals surface area contributed by atoms with Crippen molar-refractivity contribution >= 4 is 15.5 Å². The highest BCUT2D eigenvalue weighted by atomic mass is 32.2. The lowest BCUT2D eigenvalue weighted by Gasteiger charge is -2.28. The number of benzene rings is 1. The second-order valence-corrected chi connectivity index (χ2v) is 6.75. The molecule has 0 aromatic heterocycles. The van der Waals surface area contributed by atoms with Crippen LogP contribution in [0.5, 0.6) is 0 Å². The number of nitrogens with zero attached hydrogens (tertiary/aromatic N) is 1. The van der Waals surface area contributed by atoms with Crippen LogP contribution in [0.25, 0.3) is 0 Å². The van der Waals surface area contributed by atoms with Crippen LogP contribution in [0, 0.1) is 25.2 Å². The van der Waals surface area contributed by atoms with Gasteiger partial charge in [-0.1, -0.05) is 6.07 Å². The van der Waals surface area contributed by atoms with Gasteiger partial charge in [0.25, 0.3) is 0 Å². The van der Waals surface area contributed by atoms with Crippen LogP contribution in [0.4, 0.5) is 5.69 Å². The third-order valence-corrected chi connectivity index (χ3v) is 5.12. The SMILES string of the molecule is Cc1cc(C)c2c(c1)NC(CCC#N)CS2(=O)=O. The first-order valence-electron chi connectivity index (χ1n) is 5.91. The van der Waals surface area contributed by atoms with Crippen LogP contribution in [0.3, 0.4) is 0 Å². The number of sulfone groups is 1. The van der Waals surface area contributed by atoms with Crippen LogP contribution in [-0.4, -0.2) is 20.2 Å². The average molecular weight is 264 g/mol. The smallest absolute Gasteiger partial charge is 0.182 e. The van der Waals surface area contributed by atoms with Crippen molar-refractivity contribution in [1.82, 2.24) is 0 Å². The first kappa shape index (κ1) is 12.9. The van der Waals surface area contributed by atoms with E-state index >= 15 is 0 Å². The Morgan fingerprint density at radius 1 is 1.44 bits per heavy atom. The predicted molar refractivity (Wildman–Crippen MR) is 70.2 cm³/mol. The van der Waals surface area contributed by atoms with Crippen molar-refractivity contribution in [2.75, 3.05) is 11.1 Å². The molecule has 0 bridgehead atoms. The zero-order valence-electron chi connectivity index (χ0n) is 10.5. The summed E-state index contributed by atoms with van der Waals surface area (Å²) in [5.41, 5.74) is 2.51. The maximum atomic E-state index is 12.3. The van der Waals surface area contributed by atoms with E-state index in [-0.39, 0.29) is 11.8 Å². The molecule has 0 amide bonds. The number of anilines is 1. The first-order chi connectivity index (χ1) is 8.44. The molecule has 4 nitrogen and oxygen atoms in total. The number of rotatable bonds is 2. The summed E-state index contributed by atoms with van der Waals surface area (Å²) in [5.74, 6) is 0.0750. The highest BCUT2D eigenvalue weighted by Gasteiger charge is 2.31. The normalized spacial score (nSPS) is 20.6. The van der Waals surface area contributed by atoms with E-state index in [0.717, 1.165) is 11.1 Å². The number of nitriles is 1. The second-order valence-electron chi connectivity index (χ2n) is 4.78. The van der Waals surface area contributed by atoms with Gasteiger partial charge < -0.3 is 5.32 Å². The Balaban J connectivity index is 2.44. The lowest BCUT2D eigenvalue weighted by Crippen LogP contribution is -2.34. The van der Waals surface area contributed by atoms with Crippen LogP contribution >= 0.6 is 0 Å². The van der Waals surface area contributed by atoms with Crippen molar-refractivity contribution in [3.8, 4) is 6.07 Å². The molecule has 0 saturated carbocycles. The molecule has 1 N–H and O–H groups in total. The molecule has 0 spiro atoms. The zero-order valence-corrected chi connectivity index (χ0v) is 11.3. The monoisotopic (exact) mass is 264 g/mol. The largest absolute Gasteiger partial charge is 0.380 e. The number of hydrogen-bond donors (Lipinski definition) is 1. The summed E-state index contributed by atoms with van der Waals surface area (Å²) in [5, 5.41) is 11.8. The van der Waals surface area contributed by atoms with Crippen molar-refractivity contribution in [3.05, 3.63) is 23.3 Å². The molecule has 0 aliphatic carbocycles. The predicted octanol–water partition coefficient (Wildman–Crippen LogP) is 2.18. The van der Waals surface area contributed by atoms with Crippen LogP contribution in [0.1, 0.15) is 24.0 Å². The highest BCUT2D eigenvalue weighted by Crippen LogP contribution is 2.33. The second kappa shape index (κ2) is 4.62. The van der Waals surface area contributed by atoms with E-state index in [9.17, 15) is 8.42 Å². The van der Waals surface area contributed by atoms with E-state index in [2.05, 4.69) is 11.4 Å². The summed E-state index contributed by atoms with van der Waals surface area (Å²) >= 11 is 0. The van der Waals surface area contributed by atoms with Crippen molar-refractivity contribution in [3.63, 3.8) is 0 Å². The van der Waals surface area contributed by atoms with Crippen molar-refractivity contribution in [2.24, 2.45) is 0 Å². The standard InChI is InChI=1S/C13H16N2O2S/c1-9-6-10(2)13-12(7-9)15-11(4-3-5-14)8-18(13,16)17/h6-7,11,15H,3-4,8H2,1-2H3. The maximum absolute atomic E-state index is 12.3. The third-order valence-electron chi connectivity index (χ3n) is 3.11. The fraction of sp³-hybridized carbons (Fsp3) is 0.462. The summed E-state index contributed by atoms with van der Waals surface area (Å²) in [6.07, 6.45) is 0.926. The average Bonchev–Trinajstić information content (AvgIpc) is 2.23. The van der Waals surface area contributed by atoms with Gasteiger partial charge in [-0.25, -0.2) is 8.42 Å². The molecule has 1 heterocycles. The minimum absolute atomic E-state index is 0.0750. The van der Waals surface area contributed by atoms with Gasteiger partial charge in [0.05, 0.1) is 22.4 Å². The number of nitrogens with one attached hydrogen (secondary N) is 1. The molecule has 1 unspecified atom stereocenters. The van der Waals surface area contributed by atoms with E-state index < -0.39 is 9.84 Å². The first-order valence-corrected chi connectivity index (χ1v) is 7.57. The highest BCUT2D eigenvalue weighted by molar-refractivity contribution is 7.91. The van der Waals surface area contributed by atoms with Crippen LogP contribution in [-0.2, 0) is 9.84 Å². The van der Waals surface area contributed by atoms with Crippen molar-refractivity contribution < 1.29 is 8.42 Å². The quantitative estimate of drug-likeness (QED) is 0.888. The Bertz CT molecular complexity index is 615. The zero-order chi connectivity index (χ0) is 13.3. The summed E-state index contributed by atoms with van der Waals surface area (Å²) in [6, 6.07) is 5.63. The Morgan fingerprint density at radius 2 is 2.17 bits per heavy atom. The van der Waals surface area contributed by atoms with E-state index in [0.29, 0.717) is 23.4 Å². The number of hydrogen-bond acceptors (Lipinski definition) is 4. The van der Waals surface area contributed by atoms with Crippen LogP contribution in [0.2, 0.25) is 0 Å². The van der Waals surface area contributed by atoms with Gasteiger partial charge in [-0.2, -0.15) is 5.26 Å². The molecule has 0 saturated heterocycles. The van der Waals surface area contributed by atoms with Gasteiger partial charge in [-0.15, -0.1) is 0 Å². The summed E-state index contributed by atoms with van der Waals surface area (Å²) in [6.45, 7) is 3.77. The summed E-state index contributed by atoms with van der Waals surface area (Å²) in [7, 11) is -3.24. The number of aryl methyl sites for hydroxylation is 2. The lowest BCUT2D eigenvalue weighted by molar-refractivity contribution is 0.580. The Labute approximate surface area is 108 Å². The van der Waals surface area contributed by atoms with Gasteiger partial charge in [-0.05, 0) is 37.5 Å². The minimum Gasteiger partial charge on any atom is -0.380 e. The Hall–Kier alpha value is -1.54. The molecule has 0 fully saturated rings. The van der Waals surface area contributed by atoms with Crippen LogP contribution in [0.15, 0.2) is 17.0 Å². The summed E-state index contributed by atoms with van der Waals surface area (Å²) < 4.78 is 24.5. The van der Waals surface area contributed by atoms with E-state index in [1.807, 2.05) is 26.0 Å². The molecule has 1 aliphatic heterocycles. The molecule has 1 atom stereocenters. The molecule has 5 heteroatoms. The number of fused-ring (bicyclic) bond motifs is 1. The van der Waals surface area contributed by atoms with Gasteiger partial charge >= 0.3 is 0 Å². The summed E-state index contributed by atoms with van der Waals surface area (Å²) in [4.78, 5) is 0.418. The van der Waals surface area contributed by atoms with Crippen molar-refractivity contribution in [1.29, 1.82) is 5.26 Å². The Kier molecular flexibility index (Phi) is 3.31. The van der Waals surface area contributed by atoms with Crippen LogP contribution < -0.4 is 5.32 Å². The van der Waals surface area contributed by atoms with Gasteiger partial charge in [0, 0.05) is 12.5 Å². The van der Waals surface area contributed by atoms with Gasteiger partial charge in [0.1, 0.15) is 0 Å². The molecular weight excluding hydrogens is 248 g/mol. The van der Waals surface area contributed by atoms with E-state index in [1.165, 1.54) is 0 Å². The fourth-order valence-electron chi connectivity index (χ4n) is 2.48. The molecular formula is C13H16N2O2S. The van der Waals surface area contributed by atoms with Gasteiger partial charge in [0.2, 0.25) is 0 Å². The molecule has 1 aromatic carbocycles. The molecule has 96 valence electrons. The van der Waals surface area contributed by atoms with Gasteiger partial charge in [0.15, 0.2) is 9.84 Å². The van der Waals surface area contributed by atoms with E-state index in [1.54, 1.807) is 0 Å². The fourth-order valence-corrected chi connectivity index (χ4v) is 4.43. The van der Waals surface area contributed by atoms with Gasteiger partial charge in [-0.3, -0.25) is 0 Å².